The zero-order chi connectivity index (χ0) is 18.3. The molecule has 2 N–H and O–H groups in total. The molecule has 0 heterocycles. The molecule has 1 aliphatic rings. The summed E-state index contributed by atoms with van der Waals surface area (Å²) in [4.78, 5) is 35.6. The van der Waals surface area contributed by atoms with E-state index in [2.05, 4.69) is 10.6 Å². The first-order chi connectivity index (χ1) is 12.0. The van der Waals surface area contributed by atoms with E-state index in [0.29, 0.717) is 24.9 Å². The summed E-state index contributed by atoms with van der Waals surface area (Å²) in [6, 6.07) is 6.17. The van der Waals surface area contributed by atoms with Gasteiger partial charge in [-0.3, -0.25) is 14.4 Å². The van der Waals surface area contributed by atoms with Crippen molar-refractivity contribution in [3.05, 3.63) is 35.6 Å². The minimum Gasteiger partial charge on any atom is -0.455 e. The molecular weight excluding hydrogens is 327 g/mol. The summed E-state index contributed by atoms with van der Waals surface area (Å²) in [5.41, 5.74) is -0.717. The minimum absolute atomic E-state index is 0.178. The lowest BCUT2D eigenvalue weighted by molar-refractivity contribution is -0.154. The number of hydrogen-bond donors (Lipinski definition) is 2. The molecule has 0 unspecified atom stereocenters. The van der Waals surface area contributed by atoms with Gasteiger partial charge in [0.1, 0.15) is 5.82 Å². The number of carbonyl (C=O) groups is 3. The standard InChI is InChI=1S/C18H23FN2O4/c1-2-20-15(22)11-21-16(23)12-25-17(24)18(9-5-6-10-18)13-7-3-4-8-14(13)19/h3-4,7-8H,2,5-6,9-12H2,1H3,(H,20,22)(H,21,23). The third kappa shape index (κ3) is 4.55. The second-order valence-corrected chi connectivity index (χ2v) is 6.08. The molecule has 1 aliphatic carbocycles. The highest BCUT2D eigenvalue weighted by molar-refractivity contribution is 5.88. The first-order valence-electron chi connectivity index (χ1n) is 8.45. The smallest absolute Gasteiger partial charge is 0.317 e. The van der Waals surface area contributed by atoms with Gasteiger partial charge in [-0.05, 0) is 25.8 Å². The van der Waals surface area contributed by atoms with E-state index in [1.165, 1.54) is 6.07 Å². The molecule has 0 radical (unpaired) electrons. The van der Waals surface area contributed by atoms with E-state index in [0.717, 1.165) is 12.8 Å². The molecule has 6 nitrogen and oxygen atoms in total. The van der Waals surface area contributed by atoms with Crippen LogP contribution in [0.3, 0.4) is 0 Å². The molecule has 2 rings (SSSR count). The molecule has 1 fully saturated rings. The third-order valence-electron chi connectivity index (χ3n) is 4.39. The Morgan fingerprint density at radius 2 is 1.80 bits per heavy atom. The molecule has 1 aromatic rings. The molecule has 25 heavy (non-hydrogen) atoms. The Balaban J connectivity index is 1.97. The van der Waals surface area contributed by atoms with Crippen LogP contribution in [-0.2, 0) is 24.5 Å². The van der Waals surface area contributed by atoms with Crippen molar-refractivity contribution in [2.24, 2.45) is 0 Å². The fourth-order valence-electron chi connectivity index (χ4n) is 3.17. The number of carbonyl (C=O) groups excluding carboxylic acids is 3. The zero-order valence-corrected chi connectivity index (χ0v) is 14.3. The van der Waals surface area contributed by atoms with Crippen LogP contribution in [0.1, 0.15) is 38.2 Å². The number of ether oxygens (including phenoxy) is 1. The average molecular weight is 350 g/mol. The van der Waals surface area contributed by atoms with Crippen molar-refractivity contribution in [2.45, 2.75) is 38.0 Å². The van der Waals surface area contributed by atoms with Crippen molar-refractivity contribution in [1.29, 1.82) is 0 Å². The number of likely N-dealkylation sites (N-methyl/N-ethyl adjacent to an activating group) is 1. The van der Waals surface area contributed by atoms with Gasteiger partial charge in [0.2, 0.25) is 5.91 Å². The van der Waals surface area contributed by atoms with Crippen molar-refractivity contribution < 1.29 is 23.5 Å². The van der Waals surface area contributed by atoms with Crippen LogP contribution in [-0.4, -0.2) is 37.5 Å². The lowest BCUT2D eigenvalue weighted by Crippen LogP contribution is -2.41. The molecule has 2 amide bonds. The van der Waals surface area contributed by atoms with Crippen LogP contribution in [0.25, 0.3) is 0 Å². The van der Waals surface area contributed by atoms with E-state index in [9.17, 15) is 18.8 Å². The molecule has 0 aromatic heterocycles. The van der Waals surface area contributed by atoms with Crippen molar-refractivity contribution in [3.8, 4) is 0 Å². The maximum Gasteiger partial charge on any atom is 0.317 e. The number of amides is 2. The minimum atomic E-state index is -1.04. The molecule has 0 bridgehead atoms. The molecule has 0 saturated heterocycles. The summed E-state index contributed by atoms with van der Waals surface area (Å²) in [6.07, 6.45) is 2.58. The predicted octanol–water partition coefficient (Wildman–Crippen LogP) is 1.43. The fourth-order valence-corrected chi connectivity index (χ4v) is 3.17. The number of hydrogen-bond acceptors (Lipinski definition) is 4. The Morgan fingerprint density at radius 1 is 1.12 bits per heavy atom. The van der Waals surface area contributed by atoms with Gasteiger partial charge in [0, 0.05) is 12.1 Å². The van der Waals surface area contributed by atoms with E-state index < -0.39 is 29.7 Å². The summed E-state index contributed by atoms with van der Waals surface area (Å²) in [7, 11) is 0. The van der Waals surface area contributed by atoms with Crippen molar-refractivity contribution in [1.82, 2.24) is 10.6 Å². The largest absolute Gasteiger partial charge is 0.455 e. The van der Waals surface area contributed by atoms with Crippen molar-refractivity contribution >= 4 is 17.8 Å². The second kappa shape index (κ2) is 8.60. The normalized spacial score (nSPS) is 15.4. The summed E-state index contributed by atoms with van der Waals surface area (Å²) < 4.78 is 19.3. The summed E-state index contributed by atoms with van der Waals surface area (Å²) in [5, 5.41) is 4.92. The highest BCUT2D eigenvalue weighted by Gasteiger charge is 2.45. The molecule has 1 aromatic carbocycles. The Labute approximate surface area is 146 Å². The quantitative estimate of drug-likeness (QED) is 0.729. The maximum atomic E-state index is 14.2. The van der Waals surface area contributed by atoms with Crippen LogP contribution in [0.4, 0.5) is 4.39 Å². The van der Waals surface area contributed by atoms with Gasteiger partial charge in [0.05, 0.1) is 12.0 Å². The first-order valence-corrected chi connectivity index (χ1v) is 8.45. The van der Waals surface area contributed by atoms with Gasteiger partial charge in [0.25, 0.3) is 5.91 Å². The van der Waals surface area contributed by atoms with E-state index in [1.807, 2.05) is 0 Å². The van der Waals surface area contributed by atoms with E-state index in [1.54, 1.807) is 25.1 Å². The predicted molar refractivity (Wildman–Crippen MR) is 89.2 cm³/mol. The highest BCUT2D eigenvalue weighted by Crippen LogP contribution is 2.43. The van der Waals surface area contributed by atoms with Crippen molar-refractivity contribution in [2.75, 3.05) is 19.7 Å². The SMILES string of the molecule is CCNC(=O)CNC(=O)COC(=O)C1(c2ccccc2F)CCCC1. The van der Waals surface area contributed by atoms with Crippen LogP contribution in [0, 0.1) is 5.82 Å². The summed E-state index contributed by atoms with van der Waals surface area (Å²) >= 11 is 0. The molecule has 0 spiro atoms. The van der Waals surface area contributed by atoms with Gasteiger partial charge < -0.3 is 15.4 Å². The Kier molecular flexibility index (Phi) is 6.50. The molecule has 7 heteroatoms. The van der Waals surface area contributed by atoms with Gasteiger partial charge in [-0.25, -0.2) is 4.39 Å². The Hall–Kier alpha value is -2.44. The number of halogens is 1. The highest BCUT2D eigenvalue weighted by atomic mass is 19.1. The number of esters is 1. The van der Waals surface area contributed by atoms with E-state index in [4.69, 9.17) is 4.74 Å². The second-order valence-electron chi connectivity index (χ2n) is 6.08. The average Bonchev–Trinajstić information content (AvgIpc) is 3.09. The Bertz CT molecular complexity index is 642. The van der Waals surface area contributed by atoms with E-state index in [-0.39, 0.29) is 12.5 Å². The lowest BCUT2D eigenvalue weighted by atomic mass is 9.78. The third-order valence-corrected chi connectivity index (χ3v) is 4.39. The number of benzene rings is 1. The van der Waals surface area contributed by atoms with Gasteiger partial charge >= 0.3 is 5.97 Å². The van der Waals surface area contributed by atoms with E-state index >= 15 is 0 Å². The summed E-state index contributed by atoms with van der Waals surface area (Å²) in [5.74, 6) is -1.92. The fraction of sp³-hybridized carbons (Fsp3) is 0.500. The van der Waals surface area contributed by atoms with Gasteiger partial charge in [-0.15, -0.1) is 0 Å². The Morgan fingerprint density at radius 3 is 2.44 bits per heavy atom. The lowest BCUT2D eigenvalue weighted by Gasteiger charge is -2.27. The molecule has 0 aliphatic heterocycles. The first kappa shape index (κ1) is 18.9. The van der Waals surface area contributed by atoms with Crippen LogP contribution in [0.15, 0.2) is 24.3 Å². The van der Waals surface area contributed by atoms with Crippen LogP contribution in [0.2, 0.25) is 0 Å². The molecule has 136 valence electrons. The summed E-state index contributed by atoms with van der Waals surface area (Å²) in [6.45, 7) is 1.57. The number of nitrogens with one attached hydrogen (secondary N) is 2. The maximum absolute atomic E-state index is 14.2. The van der Waals surface area contributed by atoms with Crippen molar-refractivity contribution in [3.63, 3.8) is 0 Å². The van der Waals surface area contributed by atoms with Gasteiger partial charge in [0.15, 0.2) is 6.61 Å². The molecular formula is C18H23FN2O4. The van der Waals surface area contributed by atoms with Crippen LogP contribution >= 0.6 is 0 Å². The monoisotopic (exact) mass is 350 g/mol. The van der Waals surface area contributed by atoms with Gasteiger partial charge in [-0.1, -0.05) is 31.0 Å². The number of rotatable bonds is 7. The zero-order valence-electron chi connectivity index (χ0n) is 14.3. The van der Waals surface area contributed by atoms with Gasteiger partial charge in [-0.2, -0.15) is 0 Å². The molecule has 0 atom stereocenters. The molecule has 1 saturated carbocycles. The topological polar surface area (TPSA) is 84.5 Å². The van der Waals surface area contributed by atoms with Crippen LogP contribution < -0.4 is 10.6 Å². The van der Waals surface area contributed by atoms with Crippen LogP contribution in [0.5, 0.6) is 0 Å².